The van der Waals surface area contributed by atoms with E-state index in [0.29, 0.717) is 0 Å². The number of hydrogen-bond donors (Lipinski definition) is 1. The minimum atomic E-state index is -1.24. The summed E-state index contributed by atoms with van der Waals surface area (Å²) in [5, 5.41) is 19.8. The Morgan fingerprint density at radius 1 is 1.45 bits per heavy atom. The van der Waals surface area contributed by atoms with Crippen molar-refractivity contribution in [3.8, 4) is 11.8 Å². The number of aromatic carboxylic acids is 1. The third-order valence-electron chi connectivity index (χ3n) is 2.39. The second kappa shape index (κ2) is 6.73. The Kier molecular flexibility index (Phi) is 5.29. The molecule has 0 saturated heterocycles. The first kappa shape index (κ1) is 15.7. The van der Waals surface area contributed by atoms with Crippen molar-refractivity contribution in [1.29, 1.82) is 0 Å². The van der Waals surface area contributed by atoms with Crippen LogP contribution in [0.4, 0.5) is 5.69 Å². The number of nitrogens with zero attached hydrogens (tertiary/aromatic N) is 1. The Labute approximate surface area is 119 Å². The van der Waals surface area contributed by atoms with Gasteiger partial charge < -0.3 is 5.11 Å². The lowest BCUT2D eigenvalue weighted by molar-refractivity contribution is -0.385. The molecule has 0 unspecified atom stereocenters. The molecule has 0 saturated carbocycles. The van der Waals surface area contributed by atoms with Crippen molar-refractivity contribution < 1.29 is 19.6 Å². The lowest BCUT2D eigenvalue weighted by Crippen LogP contribution is -2.04. The van der Waals surface area contributed by atoms with E-state index in [1.807, 2.05) is 0 Å². The van der Waals surface area contributed by atoms with E-state index in [1.165, 1.54) is 26.0 Å². The monoisotopic (exact) mass is 293 g/mol. The summed E-state index contributed by atoms with van der Waals surface area (Å²) in [5.74, 6) is 4.29. The van der Waals surface area contributed by atoms with Gasteiger partial charge in [-0.3, -0.25) is 14.9 Å². The third-order valence-corrected chi connectivity index (χ3v) is 3.08. The molecule has 0 aromatic heterocycles. The zero-order chi connectivity index (χ0) is 15.3. The van der Waals surface area contributed by atoms with Crippen molar-refractivity contribution in [3.05, 3.63) is 38.9 Å². The largest absolute Gasteiger partial charge is 0.478 e. The molecule has 0 aliphatic carbocycles. The number of thioether (sulfide) groups is 1. The summed E-state index contributed by atoms with van der Waals surface area (Å²) >= 11 is 1.01. The van der Waals surface area contributed by atoms with Crippen molar-refractivity contribution in [3.63, 3.8) is 0 Å². The Balaban J connectivity index is 3.18. The highest BCUT2D eigenvalue weighted by Crippen LogP contribution is 2.23. The third kappa shape index (κ3) is 4.10. The lowest BCUT2D eigenvalue weighted by atomic mass is 10.0. The first-order valence-corrected chi connectivity index (χ1v) is 6.46. The average molecular weight is 293 g/mol. The van der Waals surface area contributed by atoms with Crippen LogP contribution in [-0.4, -0.2) is 26.9 Å². The molecule has 0 fully saturated rings. The van der Waals surface area contributed by atoms with Crippen LogP contribution in [0.3, 0.4) is 0 Å². The van der Waals surface area contributed by atoms with Gasteiger partial charge >= 0.3 is 5.97 Å². The molecular weight excluding hydrogens is 282 g/mol. The van der Waals surface area contributed by atoms with Gasteiger partial charge in [0, 0.05) is 24.1 Å². The normalized spacial score (nSPS) is 9.50. The smallest absolute Gasteiger partial charge is 0.336 e. The van der Waals surface area contributed by atoms with Crippen LogP contribution in [0.2, 0.25) is 0 Å². The van der Waals surface area contributed by atoms with Crippen molar-refractivity contribution in [1.82, 2.24) is 0 Å². The second-order valence-corrected chi connectivity index (χ2v) is 4.96. The van der Waals surface area contributed by atoms with Crippen molar-refractivity contribution in [2.24, 2.45) is 0 Å². The minimum Gasteiger partial charge on any atom is -0.478 e. The van der Waals surface area contributed by atoms with Crippen LogP contribution >= 0.6 is 11.8 Å². The van der Waals surface area contributed by atoms with Gasteiger partial charge in [-0.1, -0.05) is 23.6 Å². The van der Waals surface area contributed by atoms with Crippen LogP contribution in [0.1, 0.15) is 28.4 Å². The molecule has 104 valence electrons. The number of carboxylic acid groups (broad SMARTS) is 1. The molecule has 0 aliphatic rings. The maximum absolute atomic E-state index is 11.0. The van der Waals surface area contributed by atoms with Crippen LogP contribution in [0.15, 0.2) is 12.1 Å². The standard InChI is InChI=1S/C13H11NO5S/c1-8-11(13(16)17)6-10(7-12(8)14(18)19)4-3-5-20-9(2)15/h6-7H,5H2,1-2H3,(H,16,17). The zero-order valence-corrected chi connectivity index (χ0v) is 11.6. The van der Waals surface area contributed by atoms with Gasteiger partial charge in [-0.2, -0.15) is 0 Å². The van der Waals surface area contributed by atoms with Gasteiger partial charge in [0.2, 0.25) is 0 Å². The molecule has 1 aromatic rings. The summed E-state index contributed by atoms with van der Waals surface area (Å²) in [7, 11) is 0. The van der Waals surface area contributed by atoms with Crippen LogP contribution in [-0.2, 0) is 4.79 Å². The van der Waals surface area contributed by atoms with Crippen LogP contribution < -0.4 is 0 Å². The predicted octanol–water partition coefficient (Wildman–Crippen LogP) is 2.23. The van der Waals surface area contributed by atoms with Crippen molar-refractivity contribution in [2.45, 2.75) is 13.8 Å². The molecule has 0 aliphatic heterocycles. The predicted molar refractivity (Wildman–Crippen MR) is 74.8 cm³/mol. The summed E-state index contributed by atoms with van der Waals surface area (Å²) in [4.78, 5) is 32.0. The van der Waals surface area contributed by atoms with Gasteiger partial charge in [-0.05, 0) is 13.0 Å². The number of carboxylic acids is 1. The molecule has 0 amide bonds. The Hall–Kier alpha value is -2.33. The number of rotatable bonds is 3. The molecule has 1 aromatic carbocycles. The van der Waals surface area contributed by atoms with E-state index in [2.05, 4.69) is 11.8 Å². The van der Waals surface area contributed by atoms with Crippen molar-refractivity contribution >= 4 is 28.5 Å². The van der Waals surface area contributed by atoms with Gasteiger partial charge in [-0.15, -0.1) is 0 Å². The highest BCUT2D eigenvalue weighted by atomic mass is 32.2. The summed E-state index contributed by atoms with van der Waals surface area (Å²) in [6, 6.07) is 2.52. The highest BCUT2D eigenvalue weighted by Gasteiger charge is 2.19. The van der Waals surface area contributed by atoms with E-state index < -0.39 is 10.9 Å². The molecular formula is C13H11NO5S. The maximum atomic E-state index is 11.0. The van der Waals surface area contributed by atoms with Crippen LogP contribution in [0.5, 0.6) is 0 Å². The number of carbonyl (C=O) groups excluding carboxylic acids is 1. The van der Waals surface area contributed by atoms with E-state index in [4.69, 9.17) is 5.11 Å². The first-order chi connectivity index (χ1) is 9.32. The Morgan fingerprint density at radius 2 is 2.10 bits per heavy atom. The summed E-state index contributed by atoms with van der Waals surface area (Å²) in [6.45, 7) is 2.79. The summed E-state index contributed by atoms with van der Waals surface area (Å²) in [6.07, 6.45) is 0. The first-order valence-electron chi connectivity index (χ1n) is 5.47. The lowest BCUT2D eigenvalue weighted by Gasteiger charge is -2.03. The van der Waals surface area contributed by atoms with Crippen LogP contribution in [0, 0.1) is 28.9 Å². The molecule has 1 N–H and O–H groups in total. The van der Waals surface area contributed by atoms with Gasteiger partial charge in [-0.25, -0.2) is 4.79 Å². The van der Waals surface area contributed by atoms with E-state index in [-0.39, 0.29) is 33.2 Å². The molecule has 0 heterocycles. The Bertz CT molecular complexity index is 607. The fourth-order valence-corrected chi connectivity index (χ4v) is 1.81. The van der Waals surface area contributed by atoms with Gasteiger partial charge in [0.15, 0.2) is 5.12 Å². The van der Waals surface area contributed by atoms with Crippen molar-refractivity contribution in [2.75, 3.05) is 5.75 Å². The number of nitro benzene ring substituents is 1. The van der Waals surface area contributed by atoms with E-state index in [9.17, 15) is 19.7 Å². The fraction of sp³-hybridized carbons (Fsp3) is 0.231. The van der Waals surface area contributed by atoms with Gasteiger partial charge in [0.25, 0.3) is 5.69 Å². The maximum Gasteiger partial charge on any atom is 0.336 e. The highest BCUT2D eigenvalue weighted by molar-refractivity contribution is 8.13. The quantitative estimate of drug-likeness (QED) is 0.521. The number of benzene rings is 1. The second-order valence-electron chi connectivity index (χ2n) is 3.81. The molecule has 0 spiro atoms. The average Bonchev–Trinajstić information content (AvgIpc) is 2.35. The number of nitro groups is 1. The molecule has 20 heavy (non-hydrogen) atoms. The SMILES string of the molecule is CC(=O)SCC#Cc1cc(C(=O)O)c(C)c([N+](=O)[O-])c1. The number of hydrogen-bond acceptors (Lipinski definition) is 5. The molecule has 0 bridgehead atoms. The summed E-state index contributed by atoms with van der Waals surface area (Å²) in [5.41, 5.74) is -0.105. The van der Waals surface area contributed by atoms with Crippen LogP contribution in [0.25, 0.3) is 0 Å². The molecule has 0 radical (unpaired) electrons. The molecule has 1 rings (SSSR count). The van der Waals surface area contributed by atoms with Gasteiger partial charge in [0.05, 0.1) is 16.2 Å². The summed E-state index contributed by atoms with van der Waals surface area (Å²) < 4.78 is 0. The molecule has 7 heteroatoms. The topological polar surface area (TPSA) is 97.5 Å². The van der Waals surface area contributed by atoms with E-state index >= 15 is 0 Å². The van der Waals surface area contributed by atoms with E-state index in [1.54, 1.807) is 0 Å². The van der Waals surface area contributed by atoms with Gasteiger partial charge in [0.1, 0.15) is 0 Å². The fourth-order valence-electron chi connectivity index (χ4n) is 1.46. The zero-order valence-electron chi connectivity index (χ0n) is 10.8. The van der Waals surface area contributed by atoms with E-state index in [0.717, 1.165) is 11.8 Å². The number of carbonyl (C=O) groups is 2. The molecule has 0 atom stereocenters. The minimum absolute atomic E-state index is 0.0830. The molecule has 6 nitrogen and oxygen atoms in total. The Morgan fingerprint density at radius 3 is 2.60 bits per heavy atom.